The maximum absolute atomic E-state index is 12.6. The Morgan fingerprint density at radius 1 is 0.611 bits per heavy atom. The maximum atomic E-state index is 12.6. The molecule has 0 aliphatic heterocycles. The second kappa shape index (κ2) is 11.1. The molecule has 0 bridgehead atoms. The molecule has 1 fully saturated rings. The second-order valence-electron chi connectivity index (χ2n) is 9.23. The summed E-state index contributed by atoms with van der Waals surface area (Å²) in [6.45, 7) is -0.138. The minimum atomic E-state index is -0.193. The van der Waals surface area contributed by atoms with E-state index in [0.29, 0.717) is 11.5 Å². The van der Waals surface area contributed by atoms with Crippen molar-refractivity contribution in [3.05, 3.63) is 84.9 Å². The van der Waals surface area contributed by atoms with Crippen molar-refractivity contribution in [1.29, 1.82) is 0 Å². The van der Waals surface area contributed by atoms with E-state index in [1.165, 1.54) is 0 Å². The van der Waals surface area contributed by atoms with Crippen molar-refractivity contribution in [3.8, 4) is 11.5 Å². The van der Waals surface area contributed by atoms with Crippen LogP contribution in [0.3, 0.4) is 0 Å². The van der Waals surface area contributed by atoms with E-state index in [9.17, 15) is 9.59 Å². The summed E-state index contributed by atoms with van der Waals surface area (Å²) in [5, 5.41) is 10.5. The Morgan fingerprint density at radius 2 is 1.03 bits per heavy atom. The van der Waals surface area contributed by atoms with Gasteiger partial charge >= 0.3 is 0 Å². The fourth-order valence-corrected chi connectivity index (χ4v) is 4.79. The summed E-state index contributed by atoms with van der Waals surface area (Å²) >= 11 is 0. The number of carbonyl (C=O) groups is 2. The molecule has 2 atom stereocenters. The van der Waals surface area contributed by atoms with Crippen LogP contribution < -0.4 is 20.1 Å². The van der Waals surface area contributed by atoms with Crippen molar-refractivity contribution in [3.63, 3.8) is 0 Å². The predicted molar refractivity (Wildman–Crippen MR) is 141 cm³/mol. The lowest BCUT2D eigenvalue weighted by Gasteiger charge is -2.32. The van der Waals surface area contributed by atoms with E-state index in [-0.39, 0.29) is 37.1 Å². The highest BCUT2D eigenvalue weighted by Crippen LogP contribution is 2.22. The van der Waals surface area contributed by atoms with Crippen LogP contribution in [0, 0.1) is 0 Å². The summed E-state index contributed by atoms with van der Waals surface area (Å²) in [4.78, 5) is 25.2. The van der Waals surface area contributed by atoms with Crippen LogP contribution in [0.5, 0.6) is 11.5 Å². The van der Waals surface area contributed by atoms with E-state index in [2.05, 4.69) is 10.6 Å². The summed E-state index contributed by atoms with van der Waals surface area (Å²) in [6.07, 6.45) is 3.66. The lowest BCUT2D eigenvalue weighted by atomic mass is 9.90. The number of carbonyl (C=O) groups excluding carboxylic acids is 2. The monoisotopic (exact) mass is 482 g/mol. The molecular formula is C30H30N2O4. The number of rotatable bonds is 8. The van der Waals surface area contributed by atoms with E-state index in [0.717, 1.165) is 47.2 Å². The Hall–Kier alpha value is -4.06. The Labute approximate surface area is 210 Å². The van der Waals surface area contributed by atoms with Gasteiger partial charge in [0, 0.05) is 12.1 Å². The first kappa shape index (κ1) is 23.7. The van der Waals surface area contributed by atoms with Crippen LogP contribution in [0.15, 0.2) is 84.9 Å². The topological polar surface area (TPSA) is 76.7 Å². The van der Waals surface area contributed by atoms with Crippen molar-refractivity contribution >= 4 is 33.4 Å². The number of nitrogens with one attached hydrogen (secondary N) is 2. The zero-order chi connectivity index (χ0) is 24.7. The van der Waals surface area contributed by atoms with Gasteiger partial charge in [-0.1, -0.05) is 73.5 Å². The predicted octanol–water partition coefficient (Wildman–Crippen LogP) is 4.99. The molecule has 1 aliphatic carbocycles. The van der Waals surface area contributed by atoms with Gasteiger partial charge in [0.1, 0.15) is 11.5 Å². The van der Waals surface area contributed by atoms with Crippen LogP contribution in [0.4, 0.5) is 0 Å². The van der Waals surface area contributed by atoms with Crippen molar-refractivity contribution in [2.24, 2.45) is 0 Å². The Morgan fingerprint density at radius 3 is 1.47 bits per heavy atom. The zero-order valence-corrected chi connectivity index (χ0v) is 20.1. The van der Waals surface area contributed by atoms with E-state index >= 15 is 0 Å². The first-order valence-corrected chi connectivity index (χ1v) is 12.5. The molecule has 1 saturated carbocycles. The molecule has 6 nitrogen and oxygen atoms in total. The zero-order valence-electron chi connectivity index (χ0n) is 20.1. The van der Waals surface area contributed by atoms with E-state index in [1.54, 1.807) is 0 Å². The molecule has 2 N–H and O–H groups in total. The van der Waals surface area contributed by atoms with Crippen LogP contribution in [0.1, 0.15) is 25.7 Å². The third-order valence-electron chi connectivity index (χ3n) is 6.64. The SMILES string of the molecule is O=C(COc1ccc2ccccc2c1)N[C@H]1CCCC[C@H]1NC(=O)COc1ccc2ccccc2c1. The first-order chi connectivity index (χ1) is 17.6. The molecule has 0 heterocycles. The van der Waals surface area contributed by atoms with Gasteiger partial charge in [-0.05, 0) is 58.7 Å². The number of ether oxygens (including phenoxy) is 2. The minimum Gasteiger partial charge on any atom is -0.484 e. The van der Waals surface area contributed by atoms with Gasteiger partial charge in [-0.15, -0.1) is 0 Å². The highest BCUT2D eigenvalue weighted by molar-refractivity contribution is 5.85. The van der Waals surface area contributed by atoms with Gasteiger partial charge in [-0.2, -0.15) is 0 Å². The van der Waals surface area contributed by atoms with Gasteiger partial charge in [0.15, 0.2) is 13.2 Å². The highest BCUT2D eigenvalue weighted by Gasteiger charge is 2.28. The molecule has 1 aliphatic rings. The van der Waals surface area contributed by atoms with Gasteiger partial charge in [0.05, 0.1) is 0 Å². The number of amides is 2. The summed E-state index contributed by atoms with van der Waals surface area (Å²) in [5.41, 5.74) is 0. The Kier molecular flexibility index (Phi) is 7.31. The van der Waals surface area contributed by atoms with Crippen molar-refractivity contribution in [2.75, 3.05) is 13.2 Å². The average Bonchev–Trinajstić information content (AvgIpc) is 2.91. The number of hydrogen-bond acceptors (Lipinski definition) is 4. The van der Waals surface area contributed by atoms with Crippen molar-refractivity contribution in [2.45, 2.75) is 37.8 Å². The molecule has 6 heteroatoms. The lowest BCUT2D eigenvalue weighted by molar-refractivity contribution is -0.127. The molecule has 0 unspecified atom stereocenters. The molecule has 0 saturated heterocycles. The fourth-order valence-electron chi connectivity index (χ4n) is 4.79. The summed E-state index contributed by atoms with van der Waals surface area (Å²) in [6, 6.07) is 27.3. The standard InChI is InChI=1S/C30H30N2O4/c33-29(19-35-25-15-13-21-7-1-3-9-23(21)17-25)31-27-11-5-6-12-28(27)32-30(34)20-36-26-16-14-22-8-2-4-10-24(22)18-26/h1-4,7-10,13-18,27-28H,5-6,11-12,19-20H2,(H,31,33)(H,32,34)/t27-,28+. The first-order valence-electron chi connectivity index (χ1n) is 12.5. The van der Waals surface area contributed by atoms with E-state index in [1.807, 2.05) is 84.9 Å². The molecule has 0 radical (unpaired) electrons. The molecule has 5 rings (SSSR count). The Balaban J connectivity index is 1.11. The number of benzene rings is 4. The van der Waals surface area contributed by atoms with Gasteiger partial charge in [-0.3, -0.25) is 9.59 Å². The summed E-state index contributed by atoms with van der Waals surface area (Å²) < 4.78 is 11.5. The highest BCUT2D eigenvalue weighted by atomic mass is 16.5. The molecule has 4 aromatic carbocycles. The lowest BCUT2D eigenvalue weighted by Crippen LogP contribution is -2.54. The number of hydrogen-bond donors (Lipinski definition) is 2. The average molecular weight is 483 g/mol. The normalized spacial score (nSPS) is 17.4. The largest absolute Gasteiger partial charge is 0.484 e. The van der Waals surface area contributed by atoms with Gasteiger partial charge in [0.25, 0.3) is 11.8 Å². The summed E-state index contributed by atoms with van der Waals surface area (Å²) in [5.74, 6) is 0.926. The Bertz CT molecular complexity index is 1260. The van der Waals surface area contributed by atoms with Gasteiger partial charge < -0.3 is 20.1 Å². The molecular weight excluding hydrogens is 452 g/mol. The number of fused-ring (bicyclic) bond motifs is 2. The smallest absolute Gasteiger partial charge is 0.258 e. The molecule has 184 valence electrons. The molecule has 0 spiro atoms. The van der Waals surface area contributed by atoms with Crippen molar-refractivity contribution < 1.29 is 19.1 Å². The molecule has 2 amide bonds. The van der Waals surface area contributed by atoms with Gasteiger partial charge in [0.2, 0.25) is 0 Å². The van der Waals surface area contributed by atoms with Crippen LogP contribution in [0.2, 0.25) is 0 Å². The van der Waals surface area contributed by atoms with Crippen LogP contribution in [0.25, 0.3) is 21.5 Å². The third-order valence-corrected chi connectivity index (χ3v) is 6.64. The fraction of sp³-hybridized carbons (Fsp3) is 0.267. The quantitative estimate of drug-likeness (QED) is 0.371. The molecule has 36 heavy (non-hydrogen) atoms. The minimum absolute atomic E-state index is 0.0689. The molecule has 4 aromatic rings. The third kappa shape index (κ3) is 5.95. The van der Waals surface area contributed by atoms with Crippen molar-refractivity contribution in [1.82, 2.24) is 10.6 Å². The summed E-state index contributed by atoms with van der Waals surface area (Å²) in [7, 11) is 0. The van der Waals surface area contributed by atoms with Gasteiger partial charge in [-0.25, -0.2) is 0 Å². The van der Waals surface area contributed by atoms with E-state index < -0.39 is 0 Å². The van der Waals surface area contributed by atoms with Crippen LogP contribution >= 0.6 is 0 Å². The maximum Gasteiger partial charge on any atom is 0.258 e. The second-order valence-corrected chi connectivity index (χ2v) is 9.23. The molecule has 0 aromatic heterocycles. The van der Waals surface area contributed by atoms with Crippen LogP contribution in [-0.4, -0.2) is 37.1 Å². The van der Waals surface area contributed by atoms with E-state index in [4.69, 9.17) is 9.47 Å². The van der Waals surface area contributed by atoms with Crippen LogP contribution in [-0.2, 0) is 9.59 Å².